The number of benzene rings is 1. The van der Waals surface area contributed by atoms with Crippen LogP contribution in [0.4, 0.5) is 5.69 Å². The molecule has 3 rings (SSSR count). The molecule has 11 heteroatoms. The first kappa shape index (κ1) is 25.6. The van der Waals surface area contributed by atoms with Gasteiger partial charge in [-0.1, -0.05) is 25.1 Å². The summed E-state index contributed by atoms with van der Waals surface area (Å²) in [7, 11) is 0. The number of amides is 3. The van der Waals surface area contributed by atoms with Crippen LogP contribution in [0, 0.1) is 0 Å². The predicted octanol–water partition coefficient (Wildman–Crippen LogP) is 2.61. The highest BCUT2D eigenvalue weighted by Gasteiger charge is 2.36. The quantitative estimate of drug-likeness (QED) is 0.353. The number of nitrogens with two attached hydrogens (primary N) is 2. The Morgan fingerprint density at radius 3 is 2.43 bits per heavy atom. The average molecular weight is 497 g/mol. The number of primary amides is 1. The minimum Gasteiger partial charge on any atom is -0.508 e. The molecule has 1 unspecified atom stereocenters. The minimum atomic E-state index is -1.09. The molecule has 2 heterocycles. The van der Waals surface area contributed by atoms with E-state index < -0.39 is 29.3 Å². The maximum atomic E-state index is 13.8. The third-order valence-electron chi connectivity index (χ3n) is 5.61. The van der Waals surface area contributed by atoms with Crippen molar-refractivity contribution in [3.05, 3.63) is 70.5 Å². The molecule has 0 saturated carbocycles. The average Bonchev–Trinajstić information content (AvgIpc) is 3.21. The number of nitrogens with zero attached hydrogens (tertiary/aromatic N) is 3. The Bertz CT molecular complexity index is 1210. The Kier molecular flexibility index (Phi) is 7.70. The Hall–Kier alpha value is -3.99. The number of pyridine rings is 1. The Labute approximate surface area is 207 Å². The van der Waals surface area contributed by atoms with Gasteiger partial charge in [0.05, 0.1) is 5.69 Å². The van der Waals surface area contributed by atoms with Crippen molar-refractivity contribution < 1.29 is 19.5 Å². The maximum absolute atomic E-state index is 13.8. The van der Waals surface area contributed by atoms with Crippen molar-refractivity contribution in [1.29, 1.82) is 0 Å². The van der Waals surface area contributed by atoms with Crippen LogP contribution in [0.15, 0.2) is 48.8 Å². The Morgan fingerprint density at radius 1 is 1.20 bits per heavy atom. The molecule has 0 aliphatic rings. The lowest BCUT2D eigenvalue weighted by atomic mass is 9.98. The number of hydrogen-bond donors (Lipinski definition) is 4. The van der Waals surface area contributed by atoms with E-state index in [0.717, 1.165) is 11.5 Å². The smallest absolute Gasteiger partial charge is 0.270 e. The number of aromatic nitrogens is 2. The van der Waals surface area contributed by atoms with Crippen molar-refractivity contribution in [2.75, 3.05) is 5.73 Å². The van der Waals surface area contributed by atoms with Gasteiger partial charge in [-0.15, -0.1) is 0 Å². The normalized spacial score (nSPS) is 12.1. The summed E-state index contributed by atoms with van der Waals surface area (Å²) < 4.78 is 3.94. The van der Waals surface area contributed by atoms with E-state index in [0.29, 0.717) is 17.5 Å². The van der Waals surface area contributed by atoms with Gasteiger partial charge in [-0.3, -0.25) is 19.4 Å². The van der Waals surface area contributed by atoms with E-state index in [1.54, 1.807) is 36.7 Å². The predicted molar refractivity (Wildman–Crippen MR) is 133 cm³/mol. The topological polar surface area (TPSA) is 165 Å². The largest absolute Gasteiger partial charge is 0.508 e. The molecule has 2 aromatic heterocycles. The summed E-state index contributed by atoms with van der Waals surface area (Å²) >= 11 is 0.742. The zero-order chi connectivity index (χ0) is 25.8. The summed E-state index contributed by atoms with van der Waals surface area (Å²) in [4.78, 5) is 44.6. The van der Waals surface area contributed by atoms with Crippen molar-refractivity contribution in [1.82, 2.24) is 19.6 Å². The van der Waals surface area contributed by atoms with E-state index in [-0.39, 0.29) is 28.6 Å². The van der Waals surface area contributed by atoms with Crippen molar-refractivity contribution in [2.45, 2.75) is 45.3 Å². The third kappa shape index (κ3) is 5.93. The number of carbonyl (C=O) groups excluding carboxylic acids is 3. The number of nitrogen functional groups attached to an aromatic ring is 1. The number of rotatable bonds is 9. The van der Waals surface area contributed by atoms with Gasteiger partial charge >= 0.3 is 0 Å². The molecular weight excluding hydrogens is 468 g/mol. The zero-order valence-corrected chi connectivity index (χ0v) is 20.5. The SMILES string of the molecule is CCC(C)(C)NC(=O)C(c1ccc(O)cc1)N(Cc1cccnc1)C(=O)c1snc(C(N)=O)c1N. The van der Waals surface area contributed by atoms with Gasteiger partial charge < -0.3 is 26.8 Å². The molecule has 10 nitrogen and oxygen atoms in total. The zero-order valence-electron chi connectivity index (χ0n) is 19.7. The molecule has 6 N–H and O–H groups in total. The van der Waals surface area contributed by atoms with Gasteiger partial charge in [-0.2, -0.15) is 4.37 Å². The summed E-state index contributed by atoms with van der Waals surface area (Å²) in [6, 6.07) is 8.45. The number of phenolic OH excluding ortho intramolecular Hbond substituents is 1. The summed E-state index contributed by atoms with van der Waals surface area (Å²) in [6.45, 7) is 5.72. The second-order valence-corrected chi connectivity index (χ2v) is 9.43. The maximum Gasteiger partial charge on any atom is 0.270 e. The van der Waals surface area contributed by atoms with Crippen molar-refractivity contribution in [3.8, 4) is 5.75 Å². The molecule has 0 radical (unpaired) electrons. The fourth-order valence-corrected chi connectivity index (χ4v) is 4.11. The van der Waals surface area contributed by atoms with Crippen LogP contribution in [0.25, 0.3) is 0 Å². The molecule has 3 amide bonds. The molecule has 3 aromatic rings. The summed E-state index contributed by atoms with van der Waals surface area (Å²) in [5.41, 5.74) is 11.6. The van der Waals surface area contributed by atoms with E-state index in [1.807, 2.05) is 20.8 Å². The lowest BCUT2D eigenvalue weighted by molar-refractivity contribution is -0.127. The van der Waals surface area contributed by atoms with Crippen molar-refractivity contribution in [3.63, 3.8) is 0 Å². The van der Waals surface area contributed by atoms with Crippen LogP contribution < -0.4 is 16.8 Å². The van der Waals surface area contributed by atoms with Gasteiger partial charge in [-0.05, 0) is 61.1 Å². The van der Waals surface area contributed by atoms with Gasteiger partial charge in [0.15, 0.2) is 5.69 Å². The molecule has 0 saturated heterocycles. The highest BCUT2D eigenvalue weighted by Crippen LogP contribution is 2.31. The molecule has 1 aromatic carbocycles. The van der Waals surface area contributed by atoms with Gasteiger partial charge in [0.2, 0.25) is 5.91 Å². The molecule has 0 fully saturated rings. The first-order valence-electron chi connectivity index (χ1n) is 10.9. The lowest BCUT2D eigenvalue weighted by Gasteiger charge is -2.34. The first-order valence-corrected chi connectivity index (χ1v) is 11.7. The summed E-state index contributed by atoms with van der Waals surface area (Å²) in [5.74, 6) is -1.85. The summed E-state index contributed by atoms with van der Waals surface area (Å²) in [5, 5.41) is 12.8. The first-order chi connectivity index (χ1) is 16.5. The monoisotopic (exact) mass is 496 g/mol. The number of carbonyl (C=O) groups is 3. The second-order valence-electron chi connectivity index (χ2n) is 8.65. The van der Waals surface area contributed by atoms with Gasteiger partial charge in [-0.25, -0.2) is 0 Å². The molecule has 0 aliphatic heterocycles. The molecule has 0 bridgehead atoms. The molecule has 0 aliphatic carbocycles. The summed E-state index contributed by atoms with van der Waals surface area (Å²) in [6.07, 6.45) is 3.85. The van der Waals surface area contributed by atoms with Crippen LogP contribution in [0.1, 0.15) is 64.5 Å². The van der Waals surface area contributed by atoms with E-state index >= 15 is 0 Å². The minimum absolute atomic E-state index is 0.00554. The van der Waals surface area contributed by atoms with Gasteiger partial charge in [0, 0.05) is 24.5 Å². The van der Waals surface area contributed by atoms with Crippen LogP contribution in [-0.4, -0.2) is 42.6 Å². The Balaban J connectivity index is 2.15. The number of hydrogen-bond acceptors (Lipinski definition) is 8. The van der Waals surface area contributed by atoms with Crippen molar-refractivity contribution in [2.24, 2.45) is 5.73 Å². The molecule has 0 spiro atoms. The number of anilines is 1. The Morgan fingerprint density at radius 2 is 1.89 bits per heavy atom. The second kappa shape index (κ2) is 10.5. The van der Waals surface area contributed by atoms with Crippen LogP contribution in [0.5, 0.6) is 5.75 Å². The highest BCUT2D eigenvalue weighted by molar-refractivity contribution is 7.09. The molecule has 1 atom stereocenters. The van der Waals surface area contributed by atoms with E-state index in [9.17, 15) is 19.5 Å². The number of phenols is 1. The van der Waals surface area contributed by atoms with E-state index in [1.165, 1.54) is 17.0 Å². The molecule has 35 heavy (non-hydrogen) atoms. The van der Waals surface area contributed by atoms with E-state index in [2.05, 4.69) is 14.7 Å². The third-order valence-corrected chi connectivity index (χ3v) is 6.46. The standard InChI is InChI=1S/C24H28N6O4S/c1-4-24(2,3)28-22(33)19(15-7-9-16(31)10-8-15)30(13-14-6-5-11-27-12-14)23(34)20-17(25)18(21(26)32)29-35-20/h5-12,19,31H,4,13,25H2,1-3H3,(H2,26,32)(H,28,33). The van der Waals surface area contributed by atoms with Crippen LogP contribution >= 0.6 is 11.5 Å². The van der Waals surface area contributed by atoms with Crippen LogP contribution in [0.2, 0.25) is 0 Å². The van der Waals surface area contributed by atoms with Crippen LogP contribution in [0.3, 0.4) is 0 Å². The fraction of sp³-hybridized carbons (Fsp3) is 0.292. The van der Waals surface area contributed by atoms with E-state index in [4.69, 9.17) is 11.5 Å². The highest BCUT2D eigenvalue weighted by atomic mass is 32.1. The fourth-order valence-electron chi connectivity index (χ4n) is 3.35. The van der Waals surface area contributed by atoms with Gasteiger partial charge in [0.25, 0.3) is 11.8 Å². The molecular formula is C24H28N6O4S. The number of aromatic hydroxyl groups is 1. The van der Waals surface area contributed by atoms with Gasteiger partial charge in [0.1, 0.15) is 16.7 Å². The van der Waals surface area contributed by atoms with Crippen molar-refractivity contribution >= 4 is 34.9 Å². The lowest BCUT2D eigenvalue weighted by Crippen LogP contribution is -2.50. The number of nitrogens with one attached hydrogen (secondary N) is 1. The van der Waals surface area contributed by atoms with Crippen LogP contribution in [-0.2, 0) is 11.3 Å². The molecule has 184 valence electrons.